The SMILES string of the molecule is CC1(C)CNCCN1S(=O)(=O)c1c(Cl)cc(Br)cc1Cl. The third-order valence-electron chi connectivity index (χ3n) is 3.24. The molecule has 0 unspecified atom stereocenters. The van der Waals surface area contributed by atoms with Crippen molar-refractivity contribution in [2.45, 2.75) is 24.3 Å². The predicted molar refractivity (Wildman–Crippen MR) is 85.0 cm³/mol. The van der Waals surface area contributed by atoms with Crippen LogP contribution in [0.4, 0.5) is 0 Å². The average molecular weight is 402 g/mol. The van der Waals surface area contributed by atoms with E-state index < -0.39 is 15.6 Å². The van der Waals surface area contributed by atoms with Gasteiger partial charge >= 0.3 is 0 Å². The topological polar surface area (TPSA) is 49.4 Å². The van der Waals surface area contributed by atoms with Gasteiger partial charge in [0.1, 0.15) is 4.90 Å². The Kier molecular flexibility index (Phi) is 4.74. The normalized spacial score (nSPS) is 20.1. The molecule has 4 nitrogen and oxygen atoms in total. The highest BCUT2D eigenvalue weighted by Gasteiger charge is 2.40. The summed E-state index contributed by atoms with van der Waals surface area (Å²) in [6.45, 7) is 5.32. The van der Waals surface area contributed by atoms with Crippen molar-refractivity contribution in [1.29, 1.82) is 0 Å². The summed E-state index contributed by atoms with van der Waals surface area (Å²) in [5, 5.41) is 3.43. The van der Waals surface area contributed by atoms with Gasteiger partial charge in [-0.2, -0.15) is 4.31 Å². The molecule has 112 valence electrons. The summed E-state index contributed by atoms with van der Waals surface area (Å²) in [5.41, 5.74) is -0.531. The Labute approximate surface area is 137 Å². The fourth-order valence-electron chi connectivity index (χ4n) is 2.30. The molecule has 1 heterocycles. The maximum atomic E-state index is 12.9. The Morgan fingerprint density at radius 2 is 1.85 bits per heavy atom. The zero-order valence-corrected chi connectivity index (χ0v) is 15.0. The Morgan fingerprint density at radius 1 is 1.30 bits per heavy atom. The largest absolute Gasteiger partial charge is 0.314 e. The molecule has 1 aliphatic heterocycles. The Hall–Kier alpha value is 0.150. The molecule has 1 fully saturated rings. The number of nitrogens with zero attached hydrogens (tertiary/aromatic N) is 1. The Bertz CT molecular complexity index is 611. The minimum absolute atomic E-state index is 0.0287. The number of piperazine rings is 1. The van der Waals surface area contributed by atoms with Crippen molar-refractivity contribution < 1.29 is 8.42 Å². The Morgan fingerprint density at radius 3 is 2.35 bits per heavy atom. The smallest absolute Gasteiger partial charge is 0.246 e. The van der Waals surface area contributed by atoms with Crippen molar-refractivity contribution >= 4 is 49.2 Å². The van der Waals surface area contributed by atoms with Crippen molar-refractivity contribution in [2.24, 2.45) is 0 Å². The van der Waals surface area contributed by atoms with Crippen LogP contribution in [0, 0.1) is 0 Å². The Balaban J connectivity index is 2.56. The van der Waals surface area contributed by atoms with Crippen LogP contribution in [0.1, 0.15) is 13.8 Å². The van der Waals surface area contributed by atoms with Gasteiger partial charge < -0.3 is 5.32 Å². The molecule has 1 aromatic carbocycles. The van der Waals surface area contributed by atoms with Crippen LogP contribution in [0.3, 0.4) is 0 Å². The predicted octanol–water partition coefficient (Wildman–Crippen LogP) is 3.13. The molecule has 1 saturated heterocycles. The van der Waals surface area contributed by atoms with Crippen LogP contribution in [0.25, 0.3) is 0 Å². The highest BCUT2D eigenvalue weighted by Crippen LogP contribution is 2.37. The number of hydrogen-bond acceptors (Lipinski definition) is 3. The van der Waals surface area contributed by atoms with Crippen LogP contribution in [0.2, 0.25) is 10.0 Å². The maximum absolute atomic E-state index is 12.9. The van der Waals surface area contributed by atoms with Crippen molar-refractivity contribution in [3.05, 3.63) is 26.7 Å². The summed E-state index contributed by atoms with van der Waals surface area (Å²) in [6.07, 6.45) is 0. The van der Waals surface area contributed by atoms with Gasteiger partial charge in [0.15, 0.2) is 0 Å². The lowest BCUT2D eigenvalue weighted by atomic mass is 10.0. The molecular weight excluding hydrogens is 387 g/mol. The van der Waals surface area contributed by atoms with E-state index in [-0.39, 0.29) is 14.9 Å². The third kappa shape index (κ3) is 3.00. The number of rotatable bonds is 2. The van der Waals surface area contributed by atoms with Gasteiger partial charge in [0.2, 0.25) is 10.0 Å². The molecule has 0 saturated carbocycles. The van der Waals surface area contributed by atoms with Crippen LogP contribution in [0.5, 0.6) is 0 Å². The molecule has 0 bridgehead atoms. The number of sulfonamides is 1. The van der Waals surface area contributed by atoms with Crippen molar-refractivity contribution in [2.75, 3.05) is 19.6 Å². The van der Waals surface area contributed by atoms with E-state index in [0.29, 0.717) is 24.1 Å². The summed E-state index contributed by atoms with van der Waals surface area (Å²) in [5.74, 6) is 0. The van der Waals surface area contributed by atoms with Crippen LogP contribution >= 0.6 is 39.1 Å². The van der Waals surface area contributed by atoms with Gasteiger partial charge in [-0.3, -0.25) is 0 Å². The van der Waals surface area contributed by atoms with Gasteiger partial charge in [-0.15, -0.1) is 0 Å². The summed E-state index contributed by atoms with van der Waals surface area (Å²) in [7, 11) is -3.74. The second-order valence-corrected chi connectivity index (χ2v) is 8.79. The molecule has 0 aromatic heterocycles. The first-order chi connectivity index (χ1) is 9.16. The van der Waals surface area contributed by atoms with Crippen LogP contribution in [-0.2, 0) is 10.0 Å². The minimum Gasteiger partial charge on any atom is -0.314 e. The molecule has 0 spiro atoms. The van der Waals surface area contributed by atoms with E-state index >= 15 is 0 Å². The molecule has 1 aromatic rings. The number of hydrogen-bond donors (Lipinski definition) is 1. The molecular formula is C12H15BrCl2N2O2S. The van der Waals surface area contributed by atoms with Gasteiger partial charge in [0.05, 0.1) is 10.0 Å². The van der Waals surface area contributed by atoms with Gasteiger partial charge in [0.25, 0.3) is 0 Å². The molecule has 0 radical (unpaired) electrons. The lowest BCUT2D eigenvalue weighted by Gasteiger charge is -2.41. The summed E-state index contributed by atoms with van der Waals surface area (Å²) in [6, 6.07) is 3.07. The molecule has 0 aliphatic carbocycles. The monoisotopic (exact) mass is 400 g/mol. The lowest BCUT2D eigenvalue weighted by Crippen LogP contribution is -2.59. The van der Waals surface area contributed by atoms with Crippen LogP contribution in [-0.4, -0.2) is 37.9 Å². The lowest BCUT2D eigenvalue weighted by molar-refractivity contribution is 0.186. The zero-order chi connectivity index (χ0) is 15.1. The molecule has 0 amide bonds. The summed E-state index contributed by atoms with van der Waals surface area (Å²) < 4.78 is 27.8. The zero-order valence-electron chi connectivity index (χ0n) is 11.1. The molecule has 1 aliphatic rings. The first kappa shape index (κ1) is 16.5. The van der Waals surface area contributed by atoms with E-state index in [4.69, 9.17) is 23.2 Å². The fourth-order valence-corrected chi connectivity index (χ4v) is 5.97. The van der Waals surface area contributed by atoms with E-state index in [1.54, 1.807) is 0 Å². The minimum atomic E-state index is -3.74. The fraction of sp³-hybridized carbons (Fsp3) is 0.500. The van der Waals surface area contributed by atoms with Gasteiger partial charge in [0, 0.05) is 29.6 Å². The van der Waals surface area contributed by atoms with E-state index in [2.05, 4.69) is 21.2 Å². The van der Waals surface area contributed by atoms with Gasteiger partial charge in [-0.1, -0.05) is 39.1 Å². The van der Waals surface area contributed by atoms with Crippen molar-refractivity contribution in [3.63, 3.8) is 0 Å². The summed E-state index contributed by atoms with van der Waals surface area (Å²) in [4.78, 5) is -0.0287. The molecule has 2 rings (SSSR count). The van der Waals surface area contributed by atoms with E-state index in [0.717, 1.165) is 0 Å². The first-order valence-corrected chi connectivity index (χ1v) is 9.03. The number of benzene rings is 1. The number of halogens is 3. The first-order valence-electron chi connectivity index (χ1n) is 6.04. The van der Waals surface area contributed by atoms with Crippen molar-refractivity contribution in [3.8, 4) is 0 Å². The van der Waals surface area contributed by atoms with E-state index in [1.807, 2.05) is 13.8 Å². The number of nitrogens with one attached hydrogen (secondary N) is 1. The second-order valence-electron chi connectivity index (χ2n) is 5.26. The maximum Gasteiger partial charge on any atom is 0.246 e. The molecule has 8 heteroatoms. The standard InChI is InChI=1S/C12H15BrCl2N2O2S/c1-12(2)7-16-3-4-17(12)20(18,19)11-9(14)5-8(13)6-10(11)15/h5-6,16H,3-4,7H2,1-2H3. The molecule has 20 heavy (non-hydrogen) atoms. The highest BCUT2D eigenvalue weighted by molar-refractivity contribution is 9.10. The van der Waals surface area contributed by atoms with Crippen LogP contribution in [0.15, 0.2) is 21.5 Å². The van der Waals surface area contributed by atoms with Crippen molar-refractivity contribution in [1.82, 2.24) is 9.62 Å². The second kappa shape index (κ2) is 5.74. The summed E-state index contributed by atoms with van der Waals surface area (Å²) >= 11 is 15.4. The van der Waals surface area contributed by atoms with Crippen LogP contribution < -0.4 is 5.32 Å². The van der Waals surface area contributed by atoms with Gasteiger partial charge in [-0.25, -0.2) is 8.42 Å². The van der Waals surface area contributed by atoms with E-state index in [1.165, 1.54) is 16.4 Å². The molecule has 1 N–H and O–H groups in total. The average Bonchev–Trinajstić information content (AvgIpc) is 2.25. The molecule has 0 atom stereocenters. The third-order valence-corrected chi connectivity index (χ3v) is 6.73. The highest BCUT2D eigenvalue weighted by atomic mass is 79.9. The van der Waals surface area contributed by atoms with E-state index in [9.17, 15) is 8.42 Å². The quantitative estimate of drug-likeness (QED) is 0.828. The van der Waals surface area contributed by atoms with Gasteiger partial charge in [-0.05, 0) is 26.0 Å².